The lowest BCUT2D eigenvalue weighted by molar-refractivity contribution is 0.399. The molecular formula is C19H16N2O. The van der Waals surface area contributed by atoms with Gasteiger partial charge in [0.15, 0.2) is 0 Å². The summed E-state index contributed by atoms with van der Waals surface area (Å²) in [5.41, 5.74) is 4.58. The van der Waals surface area contributed by atoms with Gasteiger partial charge in [-0.25, -0.2) is 4.98 Å². The maximum atomic E-state index is 5.31. The number of rotatable bonds is 2. The van der Waals surface area contributed by atoms with E-state index in [0.717, 1.165) is 34.7 Å². The van der Waals surface area contributed by atoms with E-state index in [1.807, 2.05) is 49.4 Å². The van der Waals surface area contributed by atoms with E-state index in [1.165, 1.54) is 5.56 Å². The Balaban J connectivity index is 2.00. The molecule has 3 rings (SSSR count). The van der Waals surface area contributed by atoms with Gasteiger partial charge in [-0.3, -0.25) is 0 Å². The van der Waals surface area contributed by atoms with E-state index < -0.39 is 0 Å². The first-order valence-electron chi connectivity index (χ1n) is 7.26. The second-order valence-electron chi connectivity index (χ2n) is 4.98. The molecule has 0 radical (unpaired) electrons. The Labute approximate surface area is 130 Å². The molecule has 1 aromatic carbocycles. The van der Waals surface area contributed by atoms with E-state index >= 15 is 0 Å². The Kier molecular flexibility index (Phi) is 4.02. The Bertz CT molecular complexity index is 839. The van der Waals surface area contributed by atoms with Gasteiger partial charge in [0.1, 0.15) is 17.1 Å². The topological polar surface area (TPSA) is 38.9 Å². The molecular weight excluding hydrogens is 272 g/mol. The summed E-state index contributed by atoms with van der Waals surface area (Å²) >= 11 is 0. The molecule has 3 heteroatoms. The summed E-state index contributed by atoms with van der Waals surface area (Å²) in [6.07, 6.45) is 2.76. The van der Waals surface area contributed by atoms with E-state index in [1.54, 1.807) is 6.20 Å². The minimum Gasteiger partial charge on any atom is -0.360 e. The standard InChI is InChI=1S/C19H16N2O/c1-3-15-11-12-20-17(13-15)9-10-18-14(2)22-21-19(18)16-7-5-4-6-8-16/h4-8,11-13H,3H2,1-2H3. The summed E-state index contributed by atoms with van der Waals surface area (Å²) in [6, 6.07) is 13.9. The van der Waals surface area contributed by atoms with Gasteiger partial charge >= 0.3 is 0 Å². The van der Waals surface area contributed by atoms with Crippen LogP contribution in [0.15, 0.2) is 53.2 Å². The highest BCUT2D eigenvalue weighted by Gasteiger charge is 2.12. The van der Waals surface area contributed by atoms with Gasteiger partial charge in [0.25, 0.3) is 0 Å². The lowest BCUT2D eigenvalue weighted by Crippen LogP contribution is -1.87. The first-order valence-corrected chi connectivity index (χ1v) is 7.26. The summed E-state index contributed by atoms with van der Waals surface area (Å²) in [6.45, 7) is 3.99. The zero-order valence-electron chi connectivity index (χ0n) is 12.6. The Morgan fingerprint density at radius 2 is 1.91 bits per heavy atom. The van der Waals surface area contributed by atoms with Crippen molar-refractivity contribution in [1.29, 1.82) is 0 Å². The van der Waals surface area contributed by atoms with Crippen LogP contribution >= 0.6 is 0 Å². The van der Waals surface area contributed by atoms with Crippen LogP contribution in [0, 0.1) is 18.8 Å². The number of hydrogen-bond donors (Lipinski definition) is 0. The zero-order chi connectivity index (χ0) is 15.4. The van der Waals surface area contributed by atoms with Gasteiger partial charge in [-0.05, 0) is 37.0 Å². The Morgan fingerprint density at radius 1 is 1.09 bits per heavy atom. The monoisotopic (exact) mass is 288 g/mol. The van der Waals surface area contributed by atoms with Crippen LogP contribution in [0.25, 0.3) is 11.3 Å². The molecule has 0 unspecified atom stereocenters. The van der Waals surface area contributed by atoms with Crippen molar-refractivity contribution in [3.05, 3.63) is 71.2 Å². The third-order valence-electron chi connectivity index (χ3n) is 3.46. The molecule has 3 nitrogen and oxygen atoms in total. The number of nitrogens with zero attached hydrogens (tertiary/aromatic N) is 2. The van der Waals surface area contributed by atoms with E-state index in [-0.39, 0.29) is 0 Å². The van der Waals surface area contributed by atoms with Crippen molar-refractivity contribution in [2.45, 2.75) is 20.3 Å². The van der Waals surface area contributed by atoms with Crippen molar-refractivity contribution < 1.29 is 4.52 Å². The molecule has 0 fully saturated rings. The normalized spacial score (nSPS) is 10.1. The molecule has 0 saturated heterocycles. The predicted molar refractivity (Wildman–Crippen MR) is 86.3 cm³/mol. The van der Waals surface area contributed by atoms with Crippen LogP contribution in [-0.4, -0.2) is 10.1 Å². The van der Waals surface area contributed by atoms with Gasteiger partial charge in [0.2, 0.25) is 0 Å². The van der Waals surface area contributed by atoms with Crippen molar-refractivity contribution in [3.8, 4) is 23.1 Å². The zero-order valence-corrected chi connectivity index (χ0v) is 12.6. The van der Waals surface area contributed by atoms with Crippen LogP contribution in [-0.2, 0) is 6.42 Å². The van der Waals surface area contributed by atoms with Crippen LogP contribution in [0.1, 0.15) is 29.5 Å². The Hall–Kier alpha value is -2.86. The minimum atomic E-state index is 0.720. The molecule has 2 heterocycles. The third-order valence-corrected chi connectivity index (χ3v) is 3.46. The average Bonchev–Trinajstić information content (AvgIpc) is 2.95. The van der Waals surface area contributed by atoms with Crippen molar-refractivity contribution in [2.75, 3.05) is 0 Å². The fourth-order valence-corrected chi connectivity index (χ4v) is 2.20. The van der Waals surface area contributed by atoms with Gasteiger partial charge < -0.3 is 4.52 Å². The molecule has 108 valence electrons. The van der Waals surface area contributed by atoms with Crippen LogP contribution < -0.4 is 0 Å². The number of pyridine rings is 1. The fourth-order valence-electron chi connectivity index (χ4n) is 2.20. The molecule has 0 spiro atoms. The Morgan fingerprint density at radius 3 is 2.68 bits per heavy atom. The number of hydrogen-bond acceptors (Lipinski definition) is 3. The van der Waals surface area contributed by atoms with E-state index in [4.69, 9.17) is 4.52 Å². The highest BCUT2D eigenvalue weighted by Crippen LogP contribution is 2.24. The van der Waals surface area contributed by atoms with Crippen LogP contribution in [0.5, 0.6) is 0 Å². The van der Waals surface area contributed by atoms with Crippen molar-refractivity contribution >= 4 is 0 Å². The van der Waals surface area contributed by atoms with Gasteiger partial charge in [-0.15, -0.1) is 0 Å². The first kappa shape index (κ1) is 14.1. The van der Waals surface area contributed by atoms with Gasteiger partial charge in [0.05, 0.1) is 5.56 Å². The summed E-state index contributed by atoms with van der Waals surface area (Å²) in [7, 11) is 0. The second kappa shape index (κ2) is 6.28. The fraction of sp³-hybridized carbons (Fsp3) is 0.158. The predicted octanol–water partition coefficient (Wildman–Crippen LogP) is 4.01. The van der Waals surface area contributed by atoms with E-state index in [9.17, 15) is 0 Å². The van der Waals surface area contributed by atoms with Crippen molar-refractivity contribution in [3.63, 3.8) is 0 Å². The molecule has 2 aromatic heterocycles. The summed E-state index contributed by atoms with van der Waals surface area (Å²) in [4.78, 5) is 4.29. The summed E-state index contributed by atoms with van der Waals surface area (Å²) in [5.74, 6) is 6.99. The lowest BCUT2D eigenvalue weighted by Gasteiger charge is -1.96. The molecule has 0 N–H and O–H groups in total. The second-order valence-corrected chi connectivity index (χ2v) is 4.98. The van der Waals surface area contributed by atoms with Gasteiger partial charge in [-0.1, -0.05) is 48.3 Å². The number of benzene rings is 1. The summed E-state index contributed by atoms with van der Waals surface area (Å²) < 4.78 is 5.31. The van der Waals surface area contributed by atoms with E-state index in [0.29, 0.717) is 0 Å². The molecule has 3 aromatic rings. The van der Waals surface area contributed by atoms with Crippen molar-refractivity contribution in [2.24, 2.45) is 0 Å². The van der Waals surface area contributed by atoms with Crippen LogP contribution in [0.2, 0.25) is 0 Å². The molecule has 0 atom stereocenters. The highest BCUT2D eigenvalue weighted by molar-refractivity contribution is 5.68. The number of aryl methyl sites for hydroxylation is 2. The smallest absolute Gasteiger partial charge is 0.149 e. The maximum Gasteiger partial charge on any atom is 0.149 e. The van der Waals surface area contributed by atoms with Crippen LogP contribution in [0.3, 0.4) is 0 Å². The SMILES string of the molecule is CCc1ccnc(C#Cc2c(-c3ccccc3)noc2C)c1. The molecule has 0 aliphatic rings. The van der Waals surface area contributed by atoms with Gasteiger partial charge in [-0.2, -0.15) is 0 Å². The summed E-state index contributed by atoms with van der Waals surface area (Å²) in [5, 5.41) is 4.13. The van der Waals surface area contributed by atoms with Gasteiger partial charge in [0, 0.05) is 11.8 Å². The molecule has 0 saturated carbocycles. The largest absolute Gasteiger partial charge is 0.360 e. The molecule has 0 amide bonds. The van der Waals surface area contributed by atoms with Crippen LogP contribution in [0.4, 0.5) is 0 Å². The third kappa shape index (κ3) is 2.91. The molecule has 22 heavy (non-hydrogen) atoms. The molecule has 0 bridgehead atoms. The first-order chi connectivity index (χ1) is 10.8. The minimum absolute atomic E-state index is 0.720. The van der Waals surface area contributed by atoms with Crippen molar-refractivity contribution in [1.82, 2.24) is 10.1 Å². The molecule has 0 aliphatic heterocycles. The van der Waals surface area contributed by atoms with E-state index in [2.05, 4.69) is 28.9 Å². The molecule has 0 aliphatic carbocycles. The highest BCUT2D eigenvalue weighted by atomic mass is 16.5. The number of aromatic nitrogens is 2. The lowest BCUT2D eigenvalue weighted by atomic mass is 10.1. The maximum absolute atomic E-state index is 5.31. The quantitative estimate of drug-likeness (QED) is 0.669. The average molecular weight is 288 g/mol.